The average Bonchev–Trinajstić information content (AvgIpc) is 2.22. The quantitative estimate of drug-likeness (QED) is 0.552. The van der Waals surface area contributed by atoms with Gasteiger partial charge in [-0.15, -0.1) is 0 Å². The monoisotopic (exact) mass is 196 g/mol. The van der Waals surface area contributed by atoms with Crippen LogP contribution in [0.25, 0.3) is 0 Å². The molecule has 1 aliphatic carbocycles. The first-order valence-corrected chi connectivity index (χ1v) is 7.10. The number of hydrogen-bond acceptors (Lipinski definition) is 0. The molecule has 0 saturated carbocycles. The summed E-state index contributed by atoms with van der Waals surface area (Å²) in [4.78, 5) is 0. The Morgan fingerprint density at radius 1 is 0.846 bits per heavy atom. The third kappa shape index (κ3) is 1.31. The van der Waals surface area contributed by atoms with Gasteiger partial charge in [0.25, 0.3) is 0 Å². The topological polar surface area (TPSA) is 0 Å². The van der Waals surface area contributed by atoms with E-state index in [0.717, 1.165) is 0 Å². The van der Waals surface area contributed by atoms with Crippen molar-refractivity contribution in [2.24, 2.45) is 0 Å². The van der Waals surface area contributed by atoms with E-state index in [1.807, 2.05) is 0 Å². The summed E-state index contributed by atoms with van der Waals surface area (Å²) in [5.74, 6) is 0. The molecule has 0 spiro atoms. The van der Waals surface area contributed by atoms with Crippen molar-refractivity contribution in [1.82, 2.24) is 0 Å². The van der Waals surface area contributed by atoms with E-state index in [1.54, 1.807) is 11.1 Å². The van der Waals surface area contributed by atoms with Gasteiger partial charge >= 0.3 is 0 Å². The molecule has 0 aliphatic heterocycles. The molecule has 0 unspecified atom stereocenters. The zero-order chi connectivity index (χ0) is 10.4. The van der Waals surface area contributed by atoms with Gasteiger partial charge in [-0.3, -0.25) is 0 Å². The summed E-state index contributed by atoms with van der Waals surface area (Å²) in [6, 6.07) is 0. The van der Waals surface area contributed by atoms with Crippen LogP contribution in [0.4, 0.5) is 0 Å². The third-order valence-electron chi connectivity index (χ3n) is 4.04. The normalized spacial score (nSPS) is 22.2. The minimum atomic E-state index is 0.0687. The summed E-state index contributed by atoms with van der Waals surface area (Å²) >= 11 is 0. The number of rotatable bonds is 1. The maximum Gasteiger partial charge on any atom is 0.0293 e. The van der Waals surface area contributed by atoms with Crippen LogP contribution in [-0.4, -0.2) is 18.5 Å². The van der Waals surface area contributed by atoms with E-state index in [2.05, 4.69) is 47.9 Å². The van der Waals surface area contributed by atoms with Crippen molar-refractivity contribution in [3.63, 3.8) is 0 Å². The highest BCUT2D eigenvalue weighted by molar-refractivity contribution is 7.58. The van der Waals surface area contributed by atoms with Crippen LogP contribution in [0.15, 0.2) is 22.3 Å². The van der Waals surface area contributed by atoms with Crippen molar-refractivity contribution in [3.05, 3.63) is 22.3 Å². The van der Waals surface area contributed by atoms with Gasteiger partial charge in [0.2, 0.25) is 0 Å². The second-order valence-electron chi connectivity index (χ2n) is 4.47. The summed E-state index contributed by atoms with van der Waals surface area (Å²) in [6.07, 6.45) is 0. The first-order valence-electron chi connectivity index (χ1n) is 4.87. The molecule has 0 aromatic rings. The SMILES string of the molecule is CC1=C(C)C(C)(P(C)C)C(C)=C1C. The van der Waals surface area contributed by atoms with Gasteiger partial charge < -0.3 is 0 Å². The van der Waals surface area contributed by atoms with Crippen molar-refractivity contribution >= 4 is 7.92 Å². The highest BCUT2D eigenvalue weighted by Gasteiger charge is 2.38. The minimum Gasteiger partial charge on any atom is -0.0984 e. The van der Waals surface area contributed by atoms with Gasteiger partial charge in [-0.25, -0.2) is 0 Å². The molecule has 0 aromatic carbocycles. The smallest absolute Gasteiger partial charge is 0.0293 e. The molecule has 0 heterocycles. The summed E-state index contributed by atoms with van der Waals surface area (Å²) in [5, 5.41) is 0.378. The van der Waals surface area contributed by atoms with E-state index in [9.17, 15) is 0 Å². The van der Waals surface area contributed by atoms with Crippen LogP contribution in [0.2, 0.25) is 0 Å². The molecule has 1 rings (SSSR count). The van der Waals surface area contributed by atoms with E-state index in [0.29, 0.717) is 5.16 Å². The van der Waals surface area contributed by atoms with E-state index in [-0.39, 0.29) is 7.92 Å². The molecule has 13 heavy (non-hydrogen) atoms. The van der Waals surface area contributed by atoms with E-state index in [1.165, 1.54) is 11.1 Å². The van der Waals surface area contributed by atoms with E-state index in [4.69, 9.17) is 0 Å². The summed E-state index contributed by atoms with van der Waals surface area (Å²) in [7, 11) is 0.0687. The Kier molecular flexibility index (Phi) is 2.74. The van der Waals surface area contributed by atoms with Crippen LogP contribution in [0.1, 0.15) is 34.6 Å². The molecule has 0 bridgehead atoms. The van der Waals surface area contributed by atoms with Gasteiger partial charge in [0.1, 0.15) is 0 Å². The van der Waals surface area contributed by atoms with Gasteiger partial charge in [-0.05, 0) is 59.1 Å². The lowest BCUT2D eigenvalue weighted by Crippen LogP contribution is -2.22. The van der Waals surface area contributed by atoms with E-state index >= 15 is 0 Å². The van der Waals surface area contributed by atoms with Crippen LogP contribution in [0.5, 0.6) is 0 Å². The van der Waals surface area contributed by atoms with Crippen LogP contribution < -0.4 is 0 Å². The first-order chi connectivity index (χ1) is 5.83. The Bertz CT molecular complexity index is 268. The molecule has 0 aromatic heterocycles. The Morgan fingerprint density at radius 2 is 1.15 bits per heavy atom. The molecule has 0 fully saturated rings. The lowest BCUT2D eigenvalue weighted by molar-refractivity contribution is 0.861. The highest BCUT2D eigenvalue weighted by Crippen LogP contribution is 2.57. The van der Waals surface area contributed by atoms with Crippen molar-refractivity contribution in [1.29, 1.82) is 0 Å². The second-order valence-corrected chi connectivity index (χ2v) is 7.15. The standard InChI is InChI=1S/C12H21P/c1-8-9(2)11(4)12(5,10(8)3)13(6)7/h1-7H3. The largest absolute Gasteiger partial charge is 0.0984 e. The molecule has 0 N–H and O–H groups in total. The van der Waals surface area contributed by atoms with E-state index < -0.39 is 0 Å². The number of hydrogen-bond donors (Lipinski definition) is 0. The van der Waals surface area contributed by atoms with Gasteiger partial charge in [-0.1, -0.05) is 19.1 Å². The summed E-state index contributed by atoms with van der Waals surface area (Å²) in [5.41, 5.74) is 6.24. The molecular formula is C12H21P. The molecule has 0 atom stereocenters. The highest BCUT2D eigenvalue weighted by atomic mass is 31.1. The van der Waals surface area contributed by atoms with Gasteiger partial charge in [0, 0.05) is 5.16 Å². The fourth-order valence-electron chi connectivity index (χ4n) is 2.24. The molecule has 0 radical (unpaired) electrons. The summed E-state index contributed by atoms with van der Waals surface area (Å²) < 4.78 is 0. The van der Waals surface area contributed by atoms with Crippen LogP contribution in [-0.2, 0) is 0 Å². The summed E-state index contributed by atoms with van der Waals surface area (Å²) in [6.45, 7) is 16.3. The molecule has 74 valence electrons. The molecule has 0 nitrogen and oxygen atoms in total. The maximum atomic E-state index is 2.41. The predicted molar refractivity (Wildman–Crippen MR) is 63.9 cm³/mol. The Balaban J connectivity index is 3.31. The lowest BCUT2D eigenvalue weighted by atomic mass is 9.98. The van der Waals surface area contributed by atoms with Crippen LogP contribution in [0.3, 0.4) is 0 Å². The fraction of sp³-hybridized carbons (Fsp3) is 0.667. The Labute approximate surface area is 83.9 Å². The van der Waals surface area contributed by atoms with Crippen LogP contribution >= 0.6 is 7.92 Å². The maximum absolute atomic E-state index is 2.41. The van der Waals surface area contributed by atoms with Gasteiger partial charge in [0.15, 0.2) is 0 Å². The fourth-order valence-corrected chi connectivity index (χ4v) is 3.92. The van der Waals surface area contributed by atoms with Gasteiger partial charge in [-0.2, -0.15) is 0 Å². The molecule has 1 aliphatic rings. The zero-order valence-corrected chi connectivity index (χ0v) is 10.8. The Morgan fingerprint density at radius 3 is 1.31 bits per heavy atom. The zero-order valence-electron chi connectivity index (χ0n) is 9.95. The average molecular weight is 196 g/mol. The van der Waals surface area contributed by atoms with Crippen molar-refractivity contribution in [2.75, 3.05) is 13.3 Å². The second kappa shape index (κ2) is 3.24. The van der Waals surface area contributed by atoms with Crippen molar-refractivity contribution in [2.45, 2.75) is 39.8 Å². The number of allylic oxidation sites excluding steroid dienone is 4. The van der Waals surface area contributed by atoms with Crippen molar-refractivity contribution in [3.8, 4) is 0 Å². The van der Waals surface area contributed by atoms with Crippen LogP contribution in [0, 0.1) is 0 Å². The predicted octanol–water partition coefficient (Wildman–Crippen LogP) is 4.17. The molecule has 0 amide bonds. The Hall–Kier alpha value is -0.0900. The van der Waals surface area contributed by atoms with Crippen molar-refractivity contribution < 1.29 is 0 Å². The first kappa shape index (κ1) is 11.0. The molecule has 1 heteroatoms. The molecule has 0 saturated heterocycles. The van der Waals surface area contributed by atoms with Gasteiger partial charge in [0.05, 0.1) is 0 Å². The lowest BCUT2D eigenvalue weighted by Gasteiger charge is -2.34. The third-order valence-corrected chi connectivity index (χ3v) is 6.50. The minimum absolute atomic E-state index is 0.0687. The molecular weight excluding hydrogens is 175 g/mol.